The van der Waals surface area contributed by atoms with Gasteiger partial charge in [0, 0.05) is 6.42 Å². The Bertz CT molecular complexity index is 557. The molecular formula is C19H26O4. The molecule has 0 bridgehead atoms. The first-order valence-electron chi connectivity index (χ1n) is 8.11. The maximum Gasteiger partial charge on any atom is 0.348 e. The van der Waals surface area contributed by atoms with E-state index in [1.165, 1.54) is 0 Å². The van der Waals surface area contributed by atoms with Gasteiger partial charge in [-0.25, -0.2) is 4.79 Å². The maximum atomic E-state index is 11.7. The third-order valence-corrected chi connectivity index (χ3v) is 4.12. The van der Waals surface area contributed by atoms with E-state index < -0.39 is 11.7 Å². The van der Waals surface area contributed by atoms with E-state index in [0.717, 1.165) is 12.0 Å². The highest BCUT2D eigenvalue weighted by molar-refractivity contribution is 5.78. The number of benzene rings is 1. The first-order valence-corrected chi connectivity index (χ1v) is 8.11. The van der Waals surface area contributed by atoms with Gasteiger partial charge in [0.25, 0.3) is 0 Å². The van der Waals surface area contributed by atoms with Crippen molar-refractivity contribution in [2.45, 2.75) is 58.3 Å². The van der Waals surface area contributed by atoms with Gasteiger partial charge in [-0.05, 0) is 50.8 Å². The van der Waals surface area contributed by atoms with Gasteiger partial charge in [0.05, 0.1) is 6.10 Å². The average Bonchev–Trinajstić information content (AvgIpc) is 2.73. The zero-order valence-corrected chi connectivity index (χ0v) is 14.3. The summed E-state index contributed by atoms with van der Waals surface area (Å²) in [6.07, 6.45) is 4.65. The van der Waals surface area contributed by atoms with Gasteiger partial charge in [0.1, 0.15) is 11.4 Å². The lowest BCUT2D eigenvalue weighted by Crippen LogP contribution is -2.22. The highest BCUT2D eigenvalue weighted by atomic mass is 16.6. The normalized spacial score (nSPS) is 22.8. The van der Waals surface area contributed by atoms with Gasteiger partial charge < -0.3 is 14.6 Å². The first-order chi connectivity index (χ1) is 10.8. The number of esters is 1. The molecular weight excluding hydrogens is 292 g/mol. The molecule has 1 heterocycles. The lowest BCUT2D eigenvalue weighted by atomic mass is 10.0. The van der Waals surface area contributed by atoms with E-state index >= 15 is 0 Å². The van der Waals surface area contributed by atoms with Crippen molar-refractivity contribution in [3.05, 3.63) is 35.9 Å². The van der Waals surface area contributed by atoms with Crippen LogP contribution in [0, 0.1) is 5.92 Å². The molecule has 126 valence electrons. The number of carbonyl (C=O) groups is 1. The molecule has 0 spiro atoms. The number of cyclic esters (lactones) is 1. The molecule has 1 fully saturated rings. The van der Waals surface area contributed by atoms with Crippen LogP contribution in [0.5, 0.6) is 5.75 Å². The van der Waals surface area contributed by atoms with Crippen molar-refractivity contribution in [1.29, 1.82) is 0 Å². The molecule has 0 saturated carbocycles. The van der Waals surface area contributed by atoms with E-state index in [1.807, 2.05) is 51.1 Å². The largest absolute Gasteiger partial charge is 0.479 e. The first kappa shape index (κ1) is 17.5. The molecule has 0 amide bonds. The van der Waals surface area contributed by atoms with E-state index in [1.54, 1.807) is 6.92 Å². The van der Waals surface area contributed by atoms with Gasteiger partial charge in [-0.1, -0.05) is 31.2 Å². The van der Waals surface area contributed by atoms with Crippen LogP contribution in [0.25, 0.3) is 6.08 Å². The van der Waals surface area contributed by atoms with E-state index in [4.69, 9.17) is 9.47 Å². The fourth-order valence-corrected chi connectivity index (χ4v) is 2.44. The number of allylic oxidation sites excluding steroid dienone is 1. The molecule has 1 aromatic rings. The SMILES string of the molecule is C[C@H](O)[C@H](C)C/C=C/c1ccc(OC2CC(C)(C)OC2=O)cc1. The van der Waals surface area contributed by atoms with Crippen LogP contribution < -0.4 is 4.74 Å². The van der Waals surface area contributed by atoms with Gasteiger partial charge in [-0.15, -0.1) is 0 Å². The molecule has 1 saturated heterocycles. The minimum Gasteiger partial charge on any atom is -0.479 e. The molecule has 1 unspecified atom stereocenters. The van der Waals surface area contributed by atoms with Crippen molar-refractivity contribution in [3.63, 3.8) is 0 Å². The quantitative estimate of drug-likeness (QED) is 0.815. The fraction of sp³-hybridized carbons (Fsp3) is 0.526. The van der Waals surface area contributed by atoms with Crippen LogP contribution in [0.4, 0.5) is 0 Å². The average molecular weight is 318 g/mol. The van der Waals surface area contributed by atoms with Crippen LogP contribution >= 0.6 is 0 Å². The topological polar surface area (TPSA) is 55.8 Å². The highest BCUT2D eigenvalue weighted by Gasteiger charge is 2.41. The zero-order chi connectivity index (χ0) is 17.0. The van der Waals surface area contributed by atoms with E-state index in [2.05, 4.69) is 6.08 Å². The Kier molecular flexibility index (Phi) is 5.47. The van der Waals surface area contributed by atoms with Crippen molar-refractivity contribution < 1.29 is 19.4 Å². The number of aliphatic hydroxyl groups is 1. The zero-order valence-electron chi connectivity index (χ0n) is 14.3. The van der Waals surface area contributed by atoms with Gasteiger partial charge in [0.15, 0.2) is 6.10 Å². The van der Waals surface area contributed by atoms with Crippen LogP contribution in [0.3, 0.4) is 0 Å². The summed E-state index contributed by atoms with van der Waals surface area (Å²) in [4.78, 5) is 11.7. The predicted octanol–water partition coefficient (Wildman–Crippen LogP) is 3.58. The highest BCUT2D eigenvalue weighted by Crippen LogP contribution is 2.29. The van der Waals surface area contributed by atoms with E-state index in [9.17, 15) is 9.90 Å². The smallest absolute Gasteiger partial charge is 0.348 e. The molecule has 1 aliphatic rings. The van der Waals surface area contributed by atoms with Crippen molar-refractivity contribution in [1.82, 2.24) is 0 Å². The minimum absolute atomic E-state index is 0.241. The standard InChI is InChI=1S/C19H26O4/c1-13(14(2)20)6-5-7-15-8-10-16(11-9-15)22-17-12-19(3,4)23-18(17)21/h5,7-11,13-14,17,20H,6,12H2,1-4H3/b7-5+/t13-,14+,17?/m1/s1. The predicted molar refractivity (Wildman–Crippen MR) is 90.1 cm³/mol. The van der Waals surface area contributed by atoms with Crippen LogP contribution in [0.2, 0.25) is 0 Å². The molecule has 4 heteroatoms. The number of hydrogen-bond donors (Lipinski definition) is 1. The molecule has 0 radical (unpaired) electrons. The summed E-state index contributed by atoms with van der Waals surface area (Å²) in [7, 11) is 0. The molecule has 1 aliphatic heterocycles. The third-order valence-electron chi connectivity index (χ3n) is 4.12. The minimum atomic E-state index is -0.529. The van der Waals surface area contributed by atoms with Crippen molar-refractivity contribution in [2.75, 3.05) is 0 Å². The molecule has 2 rings (SSSR count). The van der Waals surface area contributed by atoms with Gasteiger partial charge >= 0.3 is 5.97 Å². The fourth-order valence-electron chi connectivity index (χ4n) is 2.44. The lowest BCUT2D eigenvalue weighted by molar-refractivity contribution is -0.150. The second kappa shape index (κ2) is 7.18. The molecule has 23 heavy (non-hydrogen) atoms. The van der Waals surface area contributed by atoms with Crippen molar-refractivity contribution in [3.8, 4) is 5.75 Å². The number of rotatable bonds is 6. The molecule has 0 aliphatic carbocycles. The molecule has 0 aromatic heterocycles. The van der Waals surface area contributed by atoms with Crippen molar-refractivity contribution in [2.24, 2.45) is 5.92 Å². The van der Waals surface area contributed by atoms with Gasteiger partial charge in [-0.3, -0.25) is 0 Å². The molecule has 3 atom stereocenters. The second-order valence-electron chi connectivity index (χ2n) is 6.92. The maximum absolute atomic E-state index is 11.7. The summed E-state index contributed by atoms with van der Waals surface area (Å²) >= 11 is 0. The van der Waals surface area contributed by atoms with Crippen LogP contribution in [-0.4, -0.2) is 28.9 Å². The summed E-state index contributed by atoms with van der Waals surface area (Å²) in [6, 6.07) is 7.61. The Morgan fingerprint density at radius 2 is 2.00 bits per heavy atom. The second-order valence-corrected chi connectivity index (χ2v) is 6.92. The van der Waals surface area contributed by atoms with E-state index in [-0.39, 0.29) is 18.0 Å². The Morgan fingerprint density at radius 1 is 1.35 bits per heavy atom. The van der Waals surface area contributed by atoms with E-state index in [0.29, 0.717) is 12.2 Å². The van der Waals surface area contributed by atoms with Crippen molar-refractivity contribution >= 4 is 12.0 Å². The Labute approximate surface area is 138 Å². The third kappa shape index (κ3) is 5.10. The Balaban J connectivity index is 1.90. The number of carbonyl (C=O) groups excluding carboxylic acids is 1. The van der Waals surface area contributed by atoms with Gasteiger partial charge in [-0.2, -0.15) is 0 Å². The summed E-state index contributed by atoms with van der Waals surface area (Å²) in [5.41, 5.74) is 0.606. The lowest BCUT2D eigenvalue weighted by Gasteiger charge is -2.14. The number of ether oxygens (including phenoxy) is 2. The Hall–Kier alpha value is -1.81. The molecule has 4 nitrogen and oxygen atoms in total. The van der Waals surface area contributed by atoms with Crippen LogP contribution in [0.1, 0.15) is 46.1 Å². The summed E-state index contributed by atoms with van der Waals surface area (Å²) in [6.45, 7) is 7.60. The van der Waals surface area contributed by atoms with Gasteiger partial charge in [0.2, 0.25) is 0 Å². The monoisotopic (exact) mass is 318 g/mol. The van der Waals surface area contributed by atoms with Crippen LogP contribution in [-0.2, 0) is 9.53 Å². The summed E-state index contributed by atoms with van der Waals surface area (Å²) in [5.74, 6) is 0.607. The summed E-state index contributed by atoms with van der Waals surface area (Å²) < 4.78 is 11.0. The number of hydrogen-bond acceptors (Lipinski definition) is 4. The molecule has 1 aromatic carbocycles. The molecule has 1 N–H and O–H groups in total. The summed E-state index contributed by atoms with van der Waals surface area (Å²) in [5, 5.41) is 9.46. The van der Waals surface area contributed by atoms with Crippen LogP contribution in [0.15, 0.2) is 30.3 Å². The number of aliphatic hydroxyl groups excluding tert-OH is 1. The Morgan fingerprint density at radius 3 is 2.52 bits per heavy atom.